The maximum Gasteiger partial charge on any atom is 0.275 e. The number of likely N-dealkylation sites (N-methyl/N-ethyl adjacent to an activating group) is 1. The smallest absolute Gasteiger partial charge is 0.275 e. The molecule has 1 heterocycles. The van der Waals surface area contributed by atoms with Crippen molar-refractivity contribution in [3.8, 4) is 0 Å². The van der Waals surface area contributed by atoms with Gasteiger partial charge < -0.3 is 15.1 Å². The van der Waals surface area contributed by atoms with Gasteiger partial charge in [0.25, 0.3) is 5.91 Å². The summed E-state index contributed by atoms with van der Waals surface area (Å²) in [6.45, 7) is 9.04. The quantitative estimate of drug-likeness (QED) is 0.648. The molecule has 0 aliphatic carbocycles. The van der Waals surface area contributed by atoms with Crippen LogP contribution in [0.15, 0.2) is 48.5 Å². The largest absolute Gasteiger partial charge is 0.348 e. The minimum Gasteiger partial charge on any atom is -0.348 e. The van der Waals surface area contributed by atoms with Crippen LogP contribution in [0.1, 0.15) is 35.1 Å². The van der Waals surface area contributed by atoms with Crippen LogP contribution in [-0.4, -0.2) is 38.6 Å². The van der Waals surface area contributed by atoms with Crippen molar-refractivity contribution in [1.82, 2.24) is 5.32 Å². The molecule has 1 atom stereocenters. The second-order valence-electron chi connectivity index (χ2n) is 8.49. The van der Waals surface area contributed by atoms with Gasteiger partial charge in [-0.05, 0) is 19.4 Å². The molecule has 1 saturated heterocycles. The lowest BCUT2D eigenvalue weighted by Crippen LogP contribution is -3.12. The predicted octanol–water partition coefficient (Wildman–Crippen LogP) is 0.682. The van der Waals surface area contributed by atoms with Crippen LogP contribution in [0.2, 0.25) is 0 Å². The molecule has 28 heavy (non-hydrogen) atoms. The molecule has 2 aromatic rings. The summed E-state index contributed by atoms with van der Waals surface area (Å²) in [4.78, 5) is 15.3. The number of nitrogens with one attached hydrogen (secondary N) is 3. The normalized spacial score (nSPS) is 20.5. The molecule has 3 N–H and O–H groups in total. The van der Waals surface area contributed by atoms with E-state index in [0.717, 1.165) is 39.0 Å². The molecule has 3 rings (SSSR count). The van der Waals surface area contributed by atoms with Crippen molar-refractivity contribution in [2.45, 2.75) is 45.8 Å². The monoisotopic (exact) mass is 381 g/mol. The maximum atomic E-state index is 12.5. The lowest BCUT2D eigenvalue weighted by atomic mass is 10.0. The van der Waals surface area contributed by atoms with Gasteiger partial charge in [0.05, 0.1) is 20.1 Å². The lowest BCUT2D eigenvalue weighted by Gasteiger charge is -2.30. The van der Waals surface area contributed by atoms with E-state index in [9.17, 15) is 4.79 Å². The molecule has 0 saturated carbocycles. The van der Waals surface area contributed by atoms with E-state index in [-0.39, 0.29) is 5.91 Å². The topological polar surface area (TPSA) is 38.0 Å². The number of quaternary nitrogens is 2. The molecule has 0 spiro atoms. The molecule has 1 amide bonds. The summed E-state index contributed by atoms with van der Waals surface area (Å²) in [7, 11) is 2.10. The zero-order valence-electron chi connectivity index (χ0n) is 17.6. The highest BCUT2D eigenvalue weighted by Crippen LogP contribution is 2.09. The second kappa shape index (κ2) is 9.85. The fourth-order valence-electron chi connectivity index (χ4n) is 4.22. The van der Waals surface area contributed by atoms with E-state index in [2.05, 4.69) is 74.7 Å². The molecule has 1 unspecified atom stereocenters. The van der Waals surface area contributed by atoms with Gasteiger partial charge in [-0.25, -0.2) is 0 Å². The minimum absolute atomic E-state index is 0.179. The Kier molecular flexibility index (Phi) is 7.24. The Morgan fingerprint density at radius 1 is 1.11 bits per heavy atom. The molecular weight excluding hydrogens is 346 g/mol. The highest BCUT2D eigenvalue weighted by Gasteiger charge is 2.24. The van der Waals surface area contributed by atoms with Gasteiger partial charge in [-0.1, -0.05) is 54.1 Å². The van der Waals surface area contributed by atoms with Crippen LogP contribution >= 0.6 is 0 Å². The summed E-state index contributed by atoms with van der Waals surface area (Å²) in [5.74, 6) is 0.179. The molecule has 0 aromatic heterocycles. The first-order chi connectivity index (χ1) is 13.5. The summed E-state index contributed by atoms with van der Waals surface area (Å²) in [5, 5.41) is 3.27. The van der Waals surface area contributed by atoms with Crippen molar-refractivity contribution in [1.29, 1.82) is 0 Å². The van der Waals surface area contributed by atoms with Crippen molar-refractivity contribution < 1.29 is 14.6 Å². The van der Waals surface area contributed by atoms with E-state index in [4.69, 9.17) is 0 Å². The third kappa shape index (κ3) is 6.18. The first-order valence-electron chi connectivity index (χ1n) is 10.5. The molecule has 1 aliphatic heterocycles. The van der Waals surface area contributed by atoms with E-state index in [1.165, 1.54) is 27.2 Å². The van der Waals surface area contributed by atoms with Crippen molar-refractivity contribution in [3.05, 3.63) is 70.8 Å². The summed E-state index contributed by atoms with van der Waals surface area (Å²) in [5.41, 5.74) is 5.33. The fourth-order valence-corrected chi connectivity index (χ4v) is 4.22. The Morgan fingerprint density at radius 2 is 1.82 bits per heavy atom. The van der Waals surface area contributed by atoms with Gasteiger partial charge in [-0.15, -0.1) is 0 Å². The molecule has 150 valence electrons. The van der Waals surface area contributed by atoms with Gasteiger partial charge in [0.15, 0.2) is 6.54 Å². The number of carbonyl (C=O) groups is 1. The number of amides is 1. The fraction of sp³-hybridized carbons (Fsp3) is 0.458. The van der Waals surface area contributed by atoms with Gasteiger partial charge >= 0.3 is 0 Å². The SMILES string of the molecule is Cc1ccc(C[NH+](C)CC(=O)NC2CC[NH+](Cc3ccccc3)CC2)c(C)c1. The van der Waals surface area contributed by atoms with Gasteiger partial charge in [-0.2, -0.15) is 0 Å². The van der Waals surface area contributed by atoms with Crippen LogP contribution in [0.3, 0.4) is 0 Å². The van der Waals surface area contributed by atoms with Crippen LogP contribution in [-0.2, 0) is 17.9 Å². The zero-order chi connectivity index (χ0) is 19.9. The average Bonchev–Trinajstić information content (AvgIpc) is 2.66. The van der Waals surface area contributed by atoms with E-state index in [1.807, 2.05) is 0 Å². The molecule has 2 aromatic carbocycles. The van der Waals surface area contributed by atoms with Crippen molar-refractivity contribution >= 4 is 5.91 Å². The van der Waals surface area contributed by atoms with E-state index in [1.54, 1.807) is 4.90 Å². The second-order valence-corrected chi connectivity index (χ2v) is 8.49. The predicted molar refractivity (Wildman–Crippen MR) is 113 cm³/mol. The number of piperidine rings is 1. The average molecular weight is 382 g/mol. The third-order valence-corrected chi connectivity index (χ3v) is 5.81. The van der Waals surface area contributed by atoms with Gasteiger partial charge in [-0.3, -0.25) is 4.79 Å². The van der Waals surface area contributed by atoms with Crippen molar-refractivity contribution in [3.63, 3.8) is 0 Å². The van der Waals surface area contributed by atoms with Crippen molar-refractivity contribution in [2.75, 3.05) is 26.7 Å². The van der Waals surface area contributed by atoms with Gasteiger partial charge in [0.2, 0.25) is 0 Å². The first-order valence-corrected chi connectivity index (χ1v) is 10.5. The number of hydrogen-bond donors (Lipinski definition) is 3. The molecule has 1 aliphatic rings. The van der Waals surface area contributed by atoms with Gasteiger partial charge in [0, 0.05) is 30.0 Å². The summed E-state index contributed by atoms with van der Waals surface area (Å²) < 4.78 is 0. The molecule has 1 fully saturated rings. The maximum absolute atomic E-state index is 12.5. The Labute approximate surface area is 169 Å². The Morgan fingerprint density at radius 3 is 2.50 bits per heavy atom. The number of aryl methyl sites for hydroxylation is 2. The summed E-state index contributed by atoms with van der Waals surface area (Å²) in [6, 6.07) is 17.6. The lowest BCUT2D eigenvalue weighted by molar-refractivity contribution is -0.918. The van der Waals surface area contributed by atoms with Crippen LogP contribution < -0.4 is 15.1 Å². The highest BCUT2D eigenvalue weighted by molar-refractivity contribution is 5.77. The molecule has 4 heteroatoms. The van der Waals surface area contributed by atoms with Gasteiger partial charge in [0.1, 0.15) is 13.1 Å². The third-order valence-electron chi connectivity index (χ3n) is 5.81. The molecule has 4 nitrogen and oxygen atoms in total. The summed E-state index contributed by atoms with van der Waals surface area (Å²) in [6.07, 6.45) is 2.15. The molecular formula is C24H35N3O+2. The van der Waals surface area contributed by atoms with Crippen LogP contribution in [0, 0.1) is 13.8 Å². The van der Waals surface area contributed by atoms with E-state index in [0.29, 0.717) is 12.6 Å². The zero-order valence-corrected chi connectivity index (χ0v) is 17.6. The first kappa shape index (κ1) is 20.6. The number of benzene rings is 2. The van der Waals surface area contributed by atoms with E-state index >= 15 is 0 Å². The minimum atomic E-state index is 0.179. The molecule has 0 bridgehead atoms. The van der Waals surface area contributed by atoms with Crippen LogP contribution in [0.4, 0.5) is 0 Å². The van der Waals surface area contributed by atoms with Crippen molar-refractivity contribution in [2.24, 2.45) is 0 Å². The highest BCUT2D eigenvalue weighted by atomic mass is 16.2. The Bertz CT molecular complexity index is 767. The Hall–Kier alpha value is -2.17. The summed E-state index contributed by atoms with van der Waals surface area (Å²) >= 11 is 0. The number of rotatable bonds is 7. The number of hydrogen-bond acceptors (Lipinski definition) is 1. The Balaban J connectivity index is 1.39. The van der Waals surface area contributed by atoms with Crippen LogP contribution in [0.5, 0.6) is 0 Å². The van der Waals surface area contributed by atoms with E-state index < -0.39 is 0 Å². The van der Waals surface area contributed by atoms with Crippen LogP contribution in [0.25, 0.3) is 0 Å². The molecule has 0 radical (unpaired) electrons. The standard InChI is InChI=1S/C24H33N3O/c1-19-9-10-22(20(2)15-19)17-26(3)18-24(28)25-23-11-13-27(14-12-23)16-21-7-5-4-6-8-21/h4-10,15,23H,11-14,16-18H2,1-3H3,(H,25,28)/p+2. The number of carbonyl (C=O) groups excluding carboxylic acids is 1. The number of likely N-dealkylation sites (tertiary alicyclic amines) is 1.